The number of likely N-dealkylation sites (tertiary alicyclic amines) is 1. The number of likely N-dealkylation sites (N-methyl/N-ethyl adjacent to an activating group) is 1. The molecule has 3 aliphatic heterocycles. The molecule has 0 saturated carbocycles. The molecule has 0 radical (unpaired) electrons. The normalized spacial score (nSPS) is 27.3. The minimum atomic E-state index is 0.105. The Bertz CT molecular complexity index is 592. The van der Waals surface area contributed by atoms with Gasteiger partial charge in [0.15, 0.2) is 11.5 Å². The van der Waals surface area contributed by atoms with Crippen molar-refractivity contribution in [2.45, 2.75) is 25.6 Å². The van der Waals surface area contributed by atoms with Gasteiger partial charge in [0.05, 0.1) is 12.1 Å². The number of ether oxygens (including phenoxy) is 3. The molecule has 6 heteroatoms. The molecule has 4 rings (SSSR count). The highest BCUT2D eigenvalue weighted by molar-refractivity contribution is 5.78. The SMILES string of the molecule is CCN1C(=O)COC2CN(Cc3ccc4c(c3)OCO4)CC21. The van der Waals surface area contributed by atoms with Crippen LogP contribution in [-0.4, -0.2) is 60.9 Å². The standard InChI is InChI=1S/C16H20N2O4/c1-2-18-12-7-17(8-15(12)20-9-16(18)19)6-11-3-4-13-14(5-11)22-10-21-13/h3-5,12,15H,2,6-10H2,1H3. The first-order valence-electron chi connectivity index (χ1n) is 7.76. The van der Waals surface area contributed by atoms with E-state index in [1.165, 1.54) is 5.56 Å². The largest absolute Gasteiger partial charge is 0.454 e. The molecule has 0 N–H and O–H groups in total. The monoisotopic (exact) mass is 304 g/mol. The lowest BCUT2D eigenvalue weighted by molar-refractivity contribution is -0.152. The maximum Gasteiger partial charge on any atom is 0.248 e. The van der Waals surface area contributed by atoms with Crippen molar-refractivity contribution < 1.29 is 19.0 Å². The third-order valence-corrected chi connectivity index (χ3v) is 4.64. The van der Waals surface area contributed by atoms with Crippen molar-refractivity contribution in [2.75, 3.05) is 33.0 Å². The van der Waals surface area contributed by atoms with Gasteiger partial charge in [0.25, 0.3) is 0 Å². The van der Waals surface area contributed by atoms with Crippen LogP contribution in [0.25, 0.3) is 0 Å². The summed E-state index contributed by atoms with van der Waals surface area (Å²) < 4.78 is 16.5. The van der Waals surface area contributed by atoms with E-state index < -0.39 is 0 Å². The Morgan fingerprint density at radius 3 is 2.95 bits per heavy atom. The third kappa shape index (κ3) is 2.32. The maximum absolute atomic E-state index is 11.9. The summed E-state index contributed by atoms with van der Waals surface area (Å²) in [4.78, 5) is 16.2. The van der Waals surface area contributed by atoms with Crippen LogP contribution < -0.4 is 9.47 Å². The summed E-state index contributed by atoms with van der Waals surface area (Å²) in [6.45, 7) is 5.85. The third-order valence-electron chi connectivity index (χ3n) is 4.64. The summed E-state index contributed by atoms with van der Waals surface area (Å²) in [6, 6.07) is 6.24. The van der Waals surface area contributed by atoms with Gasteiger partial charge in [-0.1, -0.05) is 6.07 Å². The van der Waals surface area contributed by atoms with Crippen molar-refractivity contribution in [3.05, 3.63) is 23.8 Å². The van der Waals surface area contributed by atoms with Crippen LogP contribution in [0.5, 0.6) is 11.5 Å². The predicted octanol–water partition coefficient (Wildman–Crippen LogP) is 0.847. The van der Waals surface area contributed by atoms with Crippen molar-refractivity contribution in [3.63, 3.8) is 0 Å². The number of benzene rings is 1. The molecule has 2 saturated heterocycles. The van der Waals surface area contributed by atoms with Gasteiger partial charge in [-0.15, -0.1) is 0 Å². The van der Waals surface area contributed by atoms with Gasteiger partial charge in [-0.05, 0) is 24.6 Å². The van der Waals surface area contributed by atoms with Gasteiger partial charge < -0.3 is 19.1 Å². The number of carbonyl (C=O) groups excluding carboxylic acids is 1. The Balaban J connectivity index is 1.45. The quantitative estimate of drug-likeness (QED) is 0.828. The van der Waals surface area contributed by atoms with Gasteiger partial charge in [0.1, 0.15) is 6.61 Å². The molecule has 118 valence electrons. The lowest BCUT2D eigenvalue weighted by Crippen LogP contribution is -2.53. The molecular weight excluding hydrogens is 284 g/mol. The number of rotatable bonds is 3. The molecule has 1 amide bonds. The van der Waals surface area contributed by atoms with E-state index in [0.717, 1.165) is 37.7 Å². The highest BCUT2D eigenvalue weighted by atomic mass is 16.7. The number of nitrogens with zero attached hydrogens (tertiary/aromatic N) is 2. The molecule has 2 unspecified atom stereocenters. The fourth-order valence-electron chi connectivity index (χ4n) is 3.58. The van der Waals surface area contributed by atoms with Crippen LogP contribution >= 0.6 is 0 Å². The highest BCUT2D eigenvalue weighted by Crippen LogP contribution is 2.33. The molecule has 1 aromatic rings. The van der Waals surface area contributed by atoms with Crippen molar-refractivity contribution >= 4 is 5.91 Å². The summed E-state index contributed by atoms with van der Waals surface area (Å²) in [5.74, 6) is 1.73. The van der Waals surface area contributed by atoms with Crippen LogP contribution in [0.1, 0.15) is 12.5 Å². The predicted molar refractivity (Wildman–Crippen MR) is 78.8 cm³/mol. The van der Waals surface area contributed by atoms with E-state index in [2.05, 4.69) is 11.0 Å². The van der Waals surface area contributed by atoms with Gasteiger partial charge >= 0.3 is 0 Å². The number of carbonyl (C=O) groups is 1. The Morgan fingerprint density at radius 2 is 2.09 bits per heavy atom. The molecule has 22 heavy (non-hydrogen) atoms. The molecule has 3 heterocycles. The smallest absolute Gasteiger partial charge is 0.248 e. The lowest BCUT2D eigenvalue weighted by atomic mass is 10.1. The van der Waals surface area contributed by atoms with E-state index in [9.17, 15) is 4.79 Å². The van der Waals surface area contributed by atoms with E-state index in [1.807, 2.05) is 24.0 Å². The Morgan fingerprint density at radius 1 is 1.23 bits per heavy atom. The fourth-order valence-corrected chi connectivity index (χ4v) is 3.58. The first-order valence-corrected chi connectivity index (χ1v) is 7.76. The average molecular weight is 304 g/mol. The summed E-state index contributed by atoms with van der Waals surface area (Å²) >= 11 is 0. The molecule has 6 nitrogen and oxygen atoms in total. The zero-order chi connectivity index (χ0) is 15.1. The molecule has 3 aliphatic rings. The number of amides is 1. The first kappa shape index (κ1) is 13.8. The van der Waals surface area contributed by atoms with Crippen molar-refractivity contribution in [1.82, 2.24) is 9.80 Å². The topological polar surface area (TPSA) is 51.2 Å². The van der Waals surface area contributed by atoms with Crippen LogP contribution in [0.4, 0.5) is 0 Å². The lowest BCUT2D eigenvalue weighted by Gasteiger charge is -2.35. The van der Waals surface area contributed by atoms with Gasteiger partial charge in [0, 0.05) is 26.2 Å². The number of fused-ring (bicyclic) bond motifs is 2. The minimum Gasteiger partial charge on any atom is -0.454 e. The molecule has 0 aliphatic carbocycles. The fraction of sp³-hybridized carbons (Fsp3) is 0.562. The average Bonchev–Trinajstić information content (AvgIpc) is 3.13. The van der Waals surface area contributed by atoms with Gasteiger partial charge in [-0.3, -0.25) is 9.69 Å². The molecule has 1 aromatic carbocycles. The van der Waals surface area contributed by atoms with E-state index in [4.69, 9.17) is 14.2 Å². The van der Waals surface area contributed by atoms with Gasteiger partial charge in [0.2, 0.25) is 12.7 Å². The second kappa shape index (κ2) is 5.44. The molecular formula is C16H20N2O4. The second-order valence-electron chi connectivity index (χ2n) is 5.98. The highest BCUT2D eigenvalue weighted by Gasteiger charge is 2.42. The summed E-state index contributed by atoms with van der Waals surface area (Å²) in [5.41, 5.74) is 1.19. The van der Waals surface area contributed by atoms with E-state index >= 15 is 0 Å². The first-order chi connectivity index (χ1) is 10.7. The van der Waals surface area contributed by atoms with Crippen LogP contribution in [-0.2, 0) is 16.1 Å². The maximum atomic E-state index is 11.9. The molecule has 2 atom stereocenters. The van der Waals surface area contributed by atoms with Gasteiger partial charge in [-0.25, -0.2) is 0 Å². The Hall–Kier alpha value is -1.79. The second-order valence-corrected chi connectivity index (χ2v) is 5.98. The molecule has 2 fully saturated rings. The van der Waals surface area contributed by atoms with Crippen molar-refractivity contribution in [2.24, 2.45) is 0 Å². The van der Waals surface area contributed by atoms with Crippen LogP contribution in [0.2, 0.25) is 0 Å². The number of hydrogen-bond donors (Lipinski definition) is 0. The number of morpholine rings is 1. The van der Waals surface area contributed by atoms with E-state index in [0.29, 0.717) is 6.79 Å². The Labute approximate surface area is 129 Å². The van der Waals surface area contributed by atoms with Crippen LogP contribution in [0, 0.1) is 0 Å². The summed E-state index contributed by atoms with van der Waals surface area (Å²) in [6.07, 6.45) is 0.131. The van der Waals surface area contributed by atoms with E-state index in [1.54, 1.807) is 0 Å². The molecule has 0 spiro atoms. The Kier molecular flexibility index (Phi) is 3.43. The van der Waals surface area contributed by atoms with Crippen LogP contribution in [0.3, 0.4) is 0 Å². The van der Waals surface area contributed by atoms with Crippen LogP contribution in [0.15, 0.2) is 18.2 Å². The number of hydrogen-bond acceptors (Lipinski definition) is 5. The van der Waals surface area contributed by atoms with E-state index in [-0.39, 0.29) is 24.7 Å². The molecule has 0 aromatic heterocycles. The van der Waals surface area contributed by atoms with Crippen molar-refractivity contribution in [1.29, 1.82) is 0 Å². The van der Waals surface area contributed by atoms with Gasteiger partial charge in [-0.2, -0.15) is 0 Å². The zero-order valence-corrected chi connectivity index (χ0v) is 12.7. The molecule has 0 bridgehead atoms. The van der Waals surface area contributed by atoms with Crippen molar-refractivity contribution in [3.8, 4) is 11.5 Å². The summed E-state index contributed by atoms with van der Waals surface area (Å²) in [5, 5.41) is 0. The minimum absolute atomic E-state index is 0.105. The zero-order valence-electron chi connectivity index (χ0n) is 12.7. The summed E-state index contributed by atoms with van der Waals surface area (Å²) in [7, 11) is 0.